The molecule has 3 aliphatic heterocycles. The minimum Gasteiger partial charge on any atom is -0.341 e. The molecule has 3 saturated heterocycles. The Morgan fingerprint density at radius 3 is 1.65 bits per heavy atom. The molecule has 4 unspecified atom stereocenters. The fourth-order valence-electron chi connectivity index (χ4n) is 6.41. The zero-order valence-electron chi connectivity index (χ0n) is 19.8. The molecular formula is C27H33N7. The number of rotatable bonds is 4. The highest BCUT2D eigenvalue weighted by Crippen LogP contribution is 2.43. The lowest BCUT2D eigenvalue weighted by molar-refractivity contribution is 0.246. The number of aromatic amines is 2. The Bertz CT molecular complexity index is 1220. The molecule has 3 aliphatic rings. The van der Waals surface area contributed by atoms with Gasteiger partial charge in [-0.25, -0.2) is 9.97 Å². The van der Waals surface area contributed by atoms with Crippen LogP contribution in [0.15, 0.2) is 36.4 Å². The van der Waals surface area contributed by atoms with Gasteiger partial charge in [0, 0.05) is 12.1 Å². The third kappa shape index (κ3) is 3.45. The summed E-state index contributed by atoms with van der Waals surface area (Å²) in [6.45, 7) is 2.17. The van der Waals surface area contributed by atoms with Gasteiger partial charge in [-0.05, 0) is 94.1 Å². The van der Waals surface area contributed by atoms with Crippen molar-refractivity contribution in [3.63, 3.8) is 0 Å². The number of benzene rings is 2. The highest BCUT2D eigenvalue weighted by atomic mass is 15.2. The summed E-state index contributed by atoms with van der Waals surface area (Å²) in [5.74, 6) is 2.17. The molecule has 3 fully saturated rings. The van der Waals surface area contributed by atoms with E-state index in [4.69, 9.17) is 9.97 Å². The van der Waals surface area contributed by atoms with Crippen LogP contribution in [0.4, 0.5) is 0 Å². The van der Waals surface area contributed by atoms with E-state index in [2.05, 4.69) is 68.9 Å². The quantitative estimate of drug-likeness (QED) is 0.355. The summed E-state index contributed by atoms with van der Waals surface area (Å²) in [5.41, 5.74) is 7.19. The maximum absolute atomic E-state index is 4.94. The Hall–Kier alpha value is -2.74. The van der Waals surface area contributed by atoms with Gasteiger partial charge in [-0.3, -0.25) is 4.90 Å². The summed E-state index contributed by atoms with van der Waals surface area (Å²) in [6, 6.07) is 15.2. The van der Waals surface area contributed by atoms with Crippen LogP contribution in [-0.4, -0.2) is 45.0 Å². The lowest BCUT2D eigenvalue weighted by Gasteiger charge is -2.26. The van der Waals surface area contributed by atoms with Gasteiger partial charge >= 0.3 is 0 Å². The van der Waals surface area contributed by atoms with E-state index < -0.39 is 0 Å². The molecule has 176 valence electrons. The Morgan fingerprint density at radius 1 is 0.706 bits per heavy atom. The minimum atomic E-state index is 0.372. The highest BCUT2D eigenvalue weighted by Gasteiger charge is 2.33. The van der Waals surface area contributed by atoms with Gasteiger partial charge in [-0.2, -0.15) is 0 Å². The Kier molecular flexibility index (Phi) is 4.96. The van der Waals surface area contributed by atoms with E-state index in [9.17, 15) is 0 Å². The molecule has 4 atom stereocenters. The molecule has 2 aromatic heterocycles. The molecule has 0 amide bonds. The van der Waals surface area contributed by atoms with Gasteiger partial charge in [0.2, 0.25) is 0 Å². The van der Waals surface area contributed by atoms with Gasteiger partial charge in [0.25, 0.3) is 0 Å². The Balaban J connectivity index is 1.13. The van der Waals surface area contributed by atoms with Crippen LogP contribution in [0.3, 0.4) is 0 Å². The number of likely N-dealkylation sites (tertiary alicyclic amines) is 1. The maximum atomic E-state index is 4.94. The average Bonchev–Trinajstić information content (AvgIpc) is 3.66. The lowest BCUT2D eigenvalue weighted by Crippen LogP contribution is -2.21. The van der Waals surface area contributed by atoms with Crippen molar-refractivity contribution < 1.29 is 0 Å². The maximum Gasteiger partial charge on any atom is 0.124 e. The van der Waals surface area contributed by atoms with Crippen molar-refractivity contribution >= 4 is 22.1 Å². The fraction of sp³-hybridized carbons (Fsp3) is 0.481. The standard InChI is InChI=1S/C27H33N7/c1-34-24(16-6-8-18-22(14-16)32-26(30-18)20-4-2-12-28-20)10-11-25(34)17-7-9-19-23(15-17)33-27(31-19)21-5-3-13-29-21/h6-9,14-15,20-21,24-25,28-29H,2-5,10-13H2,1H3,(H,30,32)(H,31,33). The molecule has 7 heteroatoms. The first kappa shape index (κ1) is 20.6. The average molecular weight is 456 g/mol. The normalized spacial score (nSPS) is 28.0. The van der Waals surface area contributed by atoms with E-state index in [1.165, 1.54) is 36.8 Å². The molecule has 0 saturated carbocycles. The molecule has 34 heavy (non-hydrogen) atoms. The van der Waals surface area contributed by atoms with Gasteiger partial charge in [0.1, 0.15) is 11.6 Å². The number of nitrogens with one attached hydrogen (secondary N) is 4. The first-order valence-electron chi connectivity index (χ1n) is 12.9. The first-order chi connectivity index (χ1) is 16.7. The van der Waals surface area contributed by atoms with E-state index in [1.54, 1.807) is 0 Å². The van der Waals surface area contributed by atoms with Crippen molar-refractivity contribution in [3.05, 3.63) is 59.2 Å². The van der Waals surface area contributed by atoms with Crippen molar-refractivity contribution in [1.29, 1.82) is 0 Å². The van der Waals surface area contributed by atoms with Gasteiger partial charge in [0.05, 0.1) is 34.2 Å². The predicted octanol–water partition coefficient (Wildman–Crippen LogP) is 4.80. The Labute approximate surface area is 199 Å². The summed E-state index contributed by atoms with van der Waals surface area (Å²) < 4.78 is 0. The van der Waals surface area contributed by atoms with Crippen LogP contribution in [0, 0.1) is 0 Å². The molecule has 4 aromatic rings. The molecular weight excluding hydrogens is 422 g/mol. The van der Waals surface area contributed by atoms with Crippen LogP contribution in [0.25, 0.3) is 22.1 Å². The number of hydrogen-bond acceptors (Lipinski definition) is 5. The van der Waals surface area contributed by atoms with E-state index in [0.717, 1.165) is 59.6 Å². The summed E-state index contributed by atoms with van der Waals surface area (Å²) in [5, 5.41) is 7.10. The molecule has 7 rings (SSSR count). The molecule has 0 radical (unpaired) electrons. The van der Waals surface area contributed by atoms with E-state index in [-0.39, 0.29) is 0 Å². The van der Waals surface area contributed by atoms with Crippen LogP contribution >= 0.6 is 0 Å². The Morgan fingerprint density at radius 2 is 1.21 bits per heavy atom. The zero-order valence-corrected chi connectivity index (χ0v) is 19.8. The second-order valence-corrected chi connectivity index (χ2v) is 10.4. The van der Waals surface area contributed by atoms with Crippen LogP contribution in [0.2, 0.25) is 0 Å². The van der Waals surface area contributed by atoms with Crippen LogP contribution < -0.4 is 10.6 Å². The van der Waals surface area contributed by atoms with Crippen LogP contribution in [0.1, 0.15) is 85.5 Å². The number of fused-ring (bicyclic) bond motifs is 2. The van der Waals surface area contributed by atoms with E-state index in [0.29, 0.717) is 24.2 Å². The summed E-state index contributed by atoms with van der Waals surface area (Å²) >= 11 is 0. The number of aromatic nitrogens is 4. The van der Waals surface area contributed by atoms with Gasteiger partial charge < -0.3 is 20.6 Å². The van der Waals surface area contributed by atoms with Crippen molar-refractivity contribution in [2.24, 2.45) is 0 Å². The first-order valence-corrected chi connectivity index (χ1v) is 12.9. The van der Waals surface area contributed by atoms with Gasteiger partial charge in [-0.1, -0.05) is 12.1 Å². The van der Waals surface area contributed by atoms with E-state index in [1.807, 2.05) is 0 Å². The fourth-order valence-corrected chi connectivity index (χ4v) is 6.41. The predicted molar refractivity (Wildman–Crippen MR) is 135 cm³/mol. The minimum absolute atomic E-state index is 0.372. The van der Waals surface area contributed by atoms with Crippen LogP contribution in [-0.2, 0) is 0 Å². The van der Waals surface area contributed by atoms with Crippen LogP contribution in [0.5, 0.6) is 0 Å². The number of nitrogens with zero attached hydrogens (tertiary/aromatic N) is 3. The molecule has 0 aliphatic carbocycles. The molecule has 7 nitrogen and oxygen atoms in total. The number of hydrogen-bond donors (Lipinski definition) is 4. The van der Waals surface area contributed by atoms with Crippen molar-refractivity contribution in [2.75, 3.05) is 20.1 Å². The lowest BCUT2D eigenvalue weighted by atomic mass is 10.0. The monoisotopic (exact) mass is 455 g/mol. The number of imidazole rings is 2. The molecule has 2 aromatic carbocycles. The SMILES string of the molecule is CN1C(c2ccc3[nH]c(C4CCCN4)nc3c2)CCC1c1ccc2[nH]c(C3CCCN3)nc2c1. The third-order valence-electron chi connectivity index (χ3n) is 8.30. The molecule has 4 N–H and O–H groups in total. The molecule has 5 heterocycles. The van der Waals surface area contributed by atoms with E-state index >= 15 is 0 Å². The van der Waals surface area contributed by atoms with Crippen molar-refractivity contribution in [2.45, 2.75) is 62.7 Å². The second-order valence-electron chi connectivity index (χ2n) is 10.4. The summed E-state index contributed by atoms with van der Waals surface area (Å²) in [4.78, 5) is 19.5. The zero-order chi connectivity index (χ0) is 22.6. The number of H-pyrrole nitrogens is 2. The third-order valence-corrected chi connectivity index (χ3v) is 8.30. The molecule has 0 spiro atoms. The topological polar surface area (TPSA) is 84.7 Å². The summed E-state index contributed by atoms with van der Waals surface area (Å²) in [7, 11) is 2.27. The van der Waals surface area contributed by atoms with Gasteiger partial charge in [0.15, 0.2) is 0 Å². The van der Waals surface area contributed by atoms with Gasteiger partial charge in [-0.15, -0.1) is 0 Å². The van der Waals surface area contributed by atoms with Crippen molar-refractivity contribution in [1.82, 2.24) is 35.5 Å². The largest absolute Gasteiger partial charge is 0.341 e. The highest BCUT2D eigenvalue weighted by molar-refractivity contribution is 5.77. The smallest absolute Gasteiger partial charge is 0.124 e. The second kappa shape index (κ2) is 8.18. The van der Waals surface area contributed by atoms with Crippen molar-refractivity contribution in [3.8, 4) is 0 Å². The molecule has 0 bridgehead atoms. The summed E-state index contributed by atoms with van der Waals surface area (Å²) in [6.07, 6.45) is 7.10.